The van der Waals surface area contributed by atoms with Crippen molar-refractivity contribution in [2.45, 2.75) is 51.4 Å². The first-order chi connectivity index (χ1) is 21.8. The van der Waals surface area contributed by atoms with Crippen LogP contribution in [0.1, 0.15) is 61.0 Å². The van der Waals surface area contributed by atoms with E-state index in [9.17, 15) is 14.7 Å². The van der Waals surface area contributed by atoms with Crippen molar-refractivity contribution in [2.24, 2.45) is 0 Å². The van der Waals surface area contributed by atoms with Gasteiger partial charge < -0.3 is 30.0 Å². The van der Waals surface area contributed by atoms with Crippen molar-refractivity contribution >= 4 is 28.5 Å². The summed E-state index contributed by atoms with van der Waals surface area (Å²) in [6, 6.07) is 29.7. The highest BCUT2D eigenvalue weighted by Gasteiger charge is 2.33. The summed E-state index contributed by atoms with van der Waals surface area (Å²) >= 11 is 0. The fourth-order valence-electron chi connectivity index (χ4n) is 5.54. The first-order valence-corrected chi connectivity index (χ1v) is 15.3. The summed E-state index contributed by atoms with van der Waals surface area (Å²) < 4.78 is 17.9. The Morgan fingerprint density at radius 1 is 0.956 bits per heavy atom. The number of nitrogens with zero attached hydrogens (tertiary/aromatic N) is 1. The average molecular weight is 612 g/mol. The van der Waals surface area contributed by atoms with Crippen LogP contribution in [-0.2, 0) is 25.6 Å². The number of anilines is 1. The lowest BCUT2D eigenvalue weighted by Gasteiger charge is -2.39. The maximum atomic E-state index is 12.4. The second-order valence-corrected chi connectivity index (χ2v) is 11.3. The first-order valence-electron chi connectivity index (χ1n) is 15.3. The lowest BCUT2D eigenvalue weighted by Crippen LogP contribution is -2.38. The summed E-state index contributed by atoms with van der Waals surface area (Å²) in [5.41, 5.74) is 4.36. The lowest BCUT2D eigenvalue weighted by atomic mass is 9.98. The molecule has 0 radical (unpaired) electrons. The molecular weight excluding hydrogens is 570 g/mol. The molecule has 2 amide bonds. The van der Waals surface area contributed by atoms with Crippen molar-refractivity contribution in [3.8, 4) is 0 Å². The van der Waals surface area contributed by atoms with Crippen LogP contribution >= 0.6 is 0 Å². The van der Waals surface area contributed by atoms with Crippen LogP contribution in [0.25, 0.3) is 10.8 Å². The van der Waals surface area contributed by atoms with E-state index in [1.54, 1.807) is 13.0 Å². The summed E-state index contributed by atoms with van der Waals surface area (Å²) in [5.74, 6) is -0.505. The van der Waals surface area contributed by atoms with Gasteiger partial charge in [0.05, 0.1) is 25.4 Å². The Labute approximate surface area is 264 Å². The van der Waals surface area contributed by atoms with Crippen LogP contribution < -0.4 is 10.6 Å². The van der Waals surface area contributed by atoms with Crippen LogP contribution in [0, 0.1) is 0 Å². The quantitative estimate of drug-likeness (QED) is 0.172. The SMILES string of the molecule is CCOC(=O)CNC(=O)Nc1cccc(C2OC(CN(C)C(C)c3ccc4ccccc4c3)CC(c3ccc(CO)cc3)O2)c1. The number of hydrogen-bond donors (Lipinski definition) is 3. The zero-order valence-corrected chi connectivity index (χ0v) is 25.9. The minimum Gasteiger partial charge on any atom is -0.465 e. The molecule has 4 aromatic rings. The minimum atomic E-state index is -0.681. The Kier molecular flexibility index (Phi) is 10.8. The number of likely N-dealkylation sites (N-methyl/N-ethyl adjacent to an activating group) is 1. The van der Waals surface area contributed by atoms with Gasteiger partial charge in [0.2, 0.25) is 0 Å². The van der Waals surface area contributed by atoms with Gasteiger partial charge in [0.15, 0.2) is 6.29 Å². The molecule has 1 aliphatic heterocycles. The maximum Gasteiger partial charge on any atom is 0.325 e. The summed E-state index contributed by atoms with van der Waals surface area (Å²) in [5, 5.41) is 17.2. The predicted octanol–water partition coefficient (Wildman–Crippen LogP) is 6.26. The second-order valence-electron chi connectivity index (χ2n) is 11.3. The molecule has 5 rings (SSSR count). The maximum absolute atomic E-state index is 12.4. The number of ether oxygens (including phenoxy) is 3. The number of aliphatic hydroxyl groups is 1. The molecule has 4 aromatic carbocycles. The molecule has 0 aliphatic carbocycles. The number of fused-ring (bicyclic) bond motifs is 1. The fraction of sp³-hybridized carbons (Fsp3) is 0.333. The molecule has 9 heteroatoms. The third-order valence-corrected chi connectivity index (χ3v) is 8.14. The van der Waals surface area contributed by atoms with E-state index in [0.717, 1.165) is 16.7 Å². The summed E-state index contributed by atoms with van der Waals surface area (Å²) in [4.78, 5) is 26.3. The number of hydrogen-bond acceptors (Lipinski definition) is 7. The zero-order chi connectivity index (χ0) is 31.8. The number of rotatable bonds is 11. The molecule has 1 heterocycles. The van der Waals surface area contributed by atoms with E-state index in [1.807, 2.05) is 42.5 Å². The molecule has 1 fully saturated rings. The Morgan fingerprint density at radius 3 is 2.49 bits per heavy atom. The molecule has 3 N–H and O–H groups in total. The molecule has 0 bridgehead atoms. The van der Waals surface area contributed by atoms with Crippen molar-refractivity contribution in [1.82, 2.24) is 10.2 Å². The van der Waals surface area contributed by atoms with Gasteiger partial charge in [-0.25, -0.2) is 4.79 Å². The van der Waals surface area contributed by atoms with Crippen LogP contribution in [0.15, 0.2) is 91.0 Å². The Hall–Kier alpha value is -4.28. The van der Waals surface area contributed by atoms with E-state index < -0.39 is 18.3 Å². The third kappa shape index (κ3) is 8.46. The number of amides is 2. The van der Waals surface area contributed by atoms with Gasteiger partial charge in [0.1, 0.15) is 6.54 Å². The molecule has 9 nitrogen and oxygen atoms in total. The number of nitrogens with one attached hydrogen (secondary N) is 2. The number of carbonyl (C=O) groups excluding carboxylic acids is 2. The zero-order valence-electron chi connectivity index (χ0n) is 25.9. The van der Waals surface area contributed by atoms with Crippen LogP contribution in [-0.4, -0.2) is 54.9 Å². The van der Waals surface area contributed by atoms with Crippen LogP contribution in [0.4, 0.5) is 10.5 Å². The summed E-state index contributed by atoms with van der Waals surface area (Å²) in [6.07, 6.45) is -0.420. The summed E-state index contributed by atoms with van der Waals surface area (Å²) in [7, 11) is 2.11. The van der Waals surface area contributed by atoms with Gasteiger partial charge in [-0.05, 0) is 66.6 Å². The van der Waals surface area contributed by atoms with Gasteiger partial charge in [0, 0.05) is 30.3 Å². The average Bonchev–Trinajstić information content (AvgIpc) is 3.07. The molecule has 4 unspecified atom stereocenters. The van der Waals surface area contributed by atoms with Gasteiger partial charge in [-0.2, -0.15) is 0 Å². The van der Waals surface area contributed by atoms with Crippen molar-refractivity contribution in [3.05, 3.63) is 113 Å². The second kappa shape index (κ2) is 15.1. The van der Waals surface area contributed by atoms with Gasteiger partial charge in [-0.3, -0.25) is 9.69 Å². The lowest BCUT2D eigenvalue weighted by molar-refractivity contribution is -0.253. The van der Waals surface area contributed by atoms with Crippen molar-refractivity contribution in [2.75, 3.05) is 32.1 Å². The van der Waals surface area contributed by atoms with Gasteiger partial charge in [-0.1, -0.05) is 72.8 Å². The summed E-state index contributed by atoms with van der Waals surface area (Å²) in [6.45, 7) is 4.59. The van der Waals surface area contributed by atoms with E-state index in [2.05, 4.69) is 72.0 Å². The number of aliphatic hydroxyl groups excluding tert-OH is 1. The van der Waals surface area contributed by atoms with E-state index in [0.29, 0.717) is 18.7 Å². The van der Waals surface area contributed by atoms with Gasteiger partial charge >= 0.3 is 12.0 Å². The van der Waals surface area contributed by atoms with Crippen molar-refractivity contribution < 1.29 is 28.9 Å². The van der Waals surface area contributed by atoms with E-state index in [1.165, 1.54) is 16.3 Å². The Morgan fingerprint density at radius 2 is 1.73 bits per heavy atom. The molecule has 45 heavy (non-hydrogen) atoms. The topological polar surface area (TPSA) is 109 Å². The number of esters is 1. The molecule has 0 saturated carbocycles. The van der Waals surface area contributed by atoms with Crippen molar-refractivity contribution in [3.63, 3.8) is 0 Å². The van der Waals surface area contributed by atoms with E-state index >= 15 is 0 Å². The van der Waals surface area contributed by atoms with Gasteiger partial charge in [0.25, 0.3) is 0 Å². The highest BCUT2D eigenvalue weighted by Crippen LogP contribution is 2.39. The smallest absolute Gasteiger partial charge is 0.325 e. The molecule has 1 aliphatic rings. The Bertz CT molecular complexity index is 1590. The predicted molar refractivity (Wildman–Crippen MR) is 174 cm³/mol. The number of carbonyl (C=O) groups is 2. The standard InChI is InChI=1S/C36H41N3O6/c1-4-43-34(41)21-37-36(42)38-31-11-7-10-30(19-31)35-44-32(20-33(45-35)27-14-12-25(23-40)13-15-27)22-39(3)24(2)28-17-16-26-8-5-6-9-29(26)18-28/h5-19,24,32-33,35,40H,4,20-23H2,1-3H3,(H2,37,38,42). The highest BCUT2D eigenvalue weighted by atomic mass is 16.7. The van der Waals surface area contributed by atoms with Crippen LogP contribution in [0.2, 0.25) is 0 Å². The molecule has 236 valence electrons. The number of urea groups is 1. The normalized spacial score (nSPS) is 18.8. The van der Waals surface area contributed by atoms with E-state index in [4.69, 9.17) is 14.2 Å². The molecule has 0 spiro atoms. The van der Waals surface area contributed by atoms with Gasteiger partial charge in [-0.15, -0.1) is 0 Å². The first kappa shape index (κ1) is 32.1. The van der Waals surface area contributed by atoms with Crippen LogP contribution in [0.5, 0.6) is 0 Å². The monoisotopic (exact) mass is 611 g/mol. The highest BCUT2D eigenvalue weighted by molar-refractivity contribution is 5.91. The Balaban J connectivity index is 1.32. The fourth-order valence-corrected chi connectivity index (χ4v) is 5.54. The molecule has 4 atom stereocenters. The number of benzene rings is 4. The third-order valence-electron chi connectivity index (χ3n) is 8.14. The molecular formula is C36H41N3O6. The van der Waals surface area contributed by atoms with E-state index in [-0.39, 0.29) is 38.0 Å². The minimum absolute atomic E-state index is 0.0230. The largest absolute Gasteiger partial charge is 0.465 e. The molecule has 1 saturated heterocycles. The van der Waals surface area contributed by atoms with Crippen molar-refractivity contribution in [1.29, 1.82) is 0 Å². The van der Waals surface area contributed by atoms with Crippen LogP contribution in [0.3, 0.4) is 0 Å². The molecule has 0 aromatic heterocycles.